The SMILES string of the molecule is CCN(c1cc(C(N)=S)c2ccccc2n1)C(C)C. The Balaban J connectivity index is 2.67. The van der Waals surface area contributed by atoms with Gasteiger partial charge < -0.3 is 10.6 Å². The van der Waals surface area contributed by atoms with Crippen LogP contribution in [0.5, 0.6) is 0 Å². The van der Waals surface area contributed by atoms with Crippen LogP contribution in [0.15, 0.2) is 30.3 Å². The molecule has 0 aliphatic carbocycles. The summed E-state index contributed by atoms with van der Waals surface area (Å²) in [7, 11) is 0. The lowest BCUT2D eigenvalue weighted by molar-refractivity contribution is 0.695. The molecule has 0 fully saturated rings. The molecule has 2 N–H and O–H groups in total. The number of hydrogen-bond donors (Lipinski definition) is 1. The van der Waals surface area contributed by atoms with E-state index in [-0.39, 0.29) is 0 Å². The smallest absolute Gasteiger partial charge is 0.130 e. The van der Waals surface area contributed by atoms with Gasteiger partial charge in [-0.05, 0) is 32.9 Å². The van der Waals surface area contributed by atoms with E-state index < -0.39 is 0 Å². The second-order valence-corrected chi connectivity index (χ2v) is 5.23. The molecule has 0 aliphatic rings. The lowest BCUT2D eigenvalue weighted by atomic mass is 10.1. The van der Waals surface area contributed by atoms with E-state index >= 15 is 0 Å². The first-order valence-corrected chi connectivity index (χ1v) is 6.91. The molecule has 1 aromatic carbocycles. The third-order valence-corrected chi connectivity index (χ3v) is 3.45. The van der Waals surface area contributed by atoms with E-state index in [1.807, 2.05) is 30.3 Å². The van der Waals surface area contributed by atoms with Crippen LogP contribution in [0.1, 0.15) is 26.3 Å². The van der Waals surface area contributed by atoms with Crippen molar-refractivity contribution in [2.45, 2.75) is 26.8 Å². The molecule has 0 spiro atoms. The number of nitrogens with two attached hydrogens (primary N) is 1. The number of hydrogen-bond acceptors (Lipinski definition) is 3. The van der Waals surface area contributed by atoms with Crippen molar-refractivity contribution in [1.29, 1.82) is 0 Å². The van der Waals surface area contributed by atoms with Crippen LogP contribution >= 0.6 is 12.2 Å². The number of aromatic nitrogens is 1. The molecule has 3 nitrogen and oxygen atoms in total. The molecule has 19 heavy (non-hydrogen) atoms. The molecule has 0 unspecified atom stereocenters. The maximum atomic E-state index is 5.85. The van der Waals surface area contributed by atoms with E-state index in [4.69, 9.17) is 22.9 Å². The van der Waals surface area contributed by atoms with Crippen molar-refractivity contribution in [3.8, 4) is 0 Å². The first-order valence-electron chi connectivity index (χ1n) is 6.50. The van der Waals surface area contributed by atoms with Gasteiger partial charge in [0, 0.05) is 23.5 Å². The lowest BCUT2D eigenvalue weighted by Crippen LogP contribution is -2.31. The highest BCUT2D eigenvalue weighted by Gasteiger charge is 2.14. The van der Waals surface area contributed by atoms with Gasteiger partial charge in [-0.25, -0.2) is 4.98 Å². The van der Waals surface area contributed by atoms with Gasteiger partial charge in [-0.3, -0.25) is 0 Å². The summed E-state index contributed by atoms with van der Waals surface area (Å²) in [6.07, 6.45) is 0. The van der Waals surface area contributed by atoms with Gasteiger partial charge in [0.2, 0.25) is 0 Å². The standard InChI is InChI=1S/C15H19N3S/c1-4-18(10(2)3)14-9-12(15(16)19)11-7-5-6-8-13(11)17-14/h5-10H,4H2,1-3H3,(H2,16,19). The van der Waals surface area contributed by atoms with Crippen LogP contribution in [-0.4, -0.2) is 22.6 Å². The fourth-order valence-corrected chi connectivity index (χ4v) is 2.47. The molecule has 1 aromatic heterocycles. The Morgan fingerprint density at radius 3 is 2.63 bits per heavy atom. The maximum absolute atomic E-state index is 5.85. The Morgan fingerprint density at radius 1 is 1.37 bits per heavy atom. The average Bonchev–Trinajstić information content (AvgIpc) is 2.38. The highest BCUT2D eigenvalue weighted by atomic mass is 32.1. The van der Waals surface area contributed by atoms with Crippen molar-refractivity contribution in [2.24, 2.45) is 5.73 Å². The topological polar surface area (TPSA) is 42.1 Å². The van der Waals surface area contributed by atoms with Crippen molar-refractivity contribution in [3.05, 3.63) is 35.9 Å². The summed E-state index contributed by atoms with van der Waals surface area (Å²) in [5.74, 6) is 0.930. The van der Waals surface area contributed by atoms with Gasteiger partial charge in [0.05, 0.1) is 5.52 Å². The van der Waals surface area contributed by atoms with Crippen LogP contribution in [0.25, 0.3) is 10.9 Å². The highest BCUT2D eigenvalue weighted by molar-refractivity contribution is 7.80. The molecule has 2 aromatic rings. The Bertz CT molecular complexity index is 607. The number of para-hydroxylation sites is 1. The normalized spacial score (nSPS) is 10.9. The number of pyridine rings is 1. The molecular weight excluding hydrogens is 254 g/mol. The van der Waals surface area contributed by atoms with E-state index in [1.54, 1.807) is 0 Å². The van der Waals surface area contributed by atoms with E-state index in [2.05, 4.69) is 25.7 Å². The molecule has 0 aliphatic heterocycles. The van der Waals surface area contributed by atoms with Crippen molar-refractivity contribution in [1.82, 2.24) is 4.98 Å². The second kappa shape index (κ2) is 5.53. The molecule has 0 atom stereocenters. The predicted molar refractivity (Wildman–Crippen MR) is 85.8 cm³/mol. The van der Waals surface area contributed by atoms with Crippen LogP contribution in [0.3, 0.4) is 0 Å². The first kappa shape index (κ1) is 13.7. The first-order chi connectivity index (χ1) is 9.04. The molecule has 0 radical (unpaired) electrons. The number of fused-ring (bicyclic) bond motifs is 1. The van der Waals surface area contributed by atoms with Gasteiger partial charge in [0.25, 0.3) is 0 Å². The van der Waals surface area contributed by atoms with Gasteiger partial charge in [0.1, 0.15) is 10.8 Å². The number of benzene rings is 1. The summed E-state index contributed by atoms with van der Waals surface area (Å²) in [6, 6.07) is 10.3. The van der Waals surface area contributed by atoms with E-state index in [1.165, 1.54) is 0 Å². The third-order valence-electron chi connectivity index (χ3n) is 3.23. The van der Waals surface area contributed by atoms with Crippen molar-refractivity contribution in [3.63, 3.8) is 0 Å². The third kappa shape index (κ3) is 2.68. The fraction of sp³-hybridized carbons (Fsp3) is 0.333. The zero-order valence-electron chi connectivity index (χ0n) is 11.6. The minimum absolute atomic E-state index is 0.387. The largest absolute Gasteiger partial charge is 0.389 e. The molecule has 0 saturated carbocycles. The van der Waals surface area contributed by atoms with Crippen LogP contribution in [0, 0.1) is 0 Å². The summed E-state index contributed by atoms with van der Waals surface area (Å²) in [5, 5.41) is 1.01. The Morgan fingerprint density at radius 2 is 2.05 bits per heavy atom. The van der Waals surface area contributed by atoms with Gasteiger partial charge in [0.15, 0.2) is 0 Å². The maximum Gasteiger partial charge on any atom is 0.130 e. The fourth-order valence-electron chi connectivity index (χ4n) is 2.30. The Labute approximate surface area is 119 Å². The summed E-state index contributed by atoms with van der Waals surface area (Å²) in [6.45, 7) is 7.33. The lowest BCUT2D eigenvalue weighted by Gasteiger charge is -2.27. The average molecular weight is 273 g/mol. The van der Waals surface area contributed by atoms with E-state index in [0.29, 0.717) is 11.0 Å². The van der Waals surface area contributed by atoms with Crippen LogP contribution in [-0.2, 0) is 0 Å². The van der Waals surface area contributed by atoms with Gasteiger partial charge >= 0.3 is 0 Å². The molecule has 100 valence electrons. The molecule has 1 heterocycles. The zero-order chi connectivity index (χ0) is 14.0. The number of anilines is 1. The van der Waals surface area contributed by atoms with Crippen molar-refractivity contribution in [2.75, 3.05) is 11.4 Å². The van der Waals surface area contributed by atoms with Gasteiger partial charge in [-0.1, -0.05) is 30.4 Å². The molecular formula is C15H19N3S. The van der Waals surface area contributed by atoms with Gasteiger partial charge in [-0.2, -0.15) is 0 Å². The Kier molecular flexibility index (Phi) is 4.00. The molecule has 0 saturated heterocycles. The van der Waals surface area contributed by atoms with Crippen molar-refractivity contribution >= 4 is 33.9 Å². The number of thiocarbonyl (C=S) groups is 1. The van der Waals surface area contributed by atoms with Crippen molar-refractivity contribution < 1.29 is 0 Å². The molecule has 0 bridgehead atoms. The molecule has 4 heteroatoms. The van der Waals surface area contributed by atoms with Crippen LogP contribution in [0.2, 0.25) is 0 Å². The van der Waals surface area contributed by atoms with E-state index in [0.717, 1.165) is 28.8 Å². The molecule has 0 amide bonds. The predicted octanol–water partition coefficient (Wildman–Crippen LogP) is 3.10. The highest BCUT2D eigenvalue weighted by Crippen LogP contribution is 2.24. The summed E-state index contributed by atoms with van der Waals surface area (Å²) in [5.41, 5.74) is 7.68. The Hall–Kier alpha value is -1.68. The van der Waals surface area contributed by atoms with Gasteiger partial charge in [-0.15, -0.1) is 0 Å². The monoisotopic (exact) mass is 273 g/mol. The summed E-state index contributed by atoms with van der Waals surface area (Å²) < 4.78 is 0. The minimum atomic E-state index is 0.387. The second-order valence-electron chi connectivity index (χ2n) is 4.79. The quantitative estimate of drug-likeness (QED) is 0.869. The summed E-state index contributed by atoms with van der Waals surface area (Å²) in [4.78, 5) is 7.37. The number of rotatable bonds is 4. The minimum Gasteiger partial charge on any atom is -0.389 e. The van der Waals surface area contributed by atoms with E-state index in [9.17, 15) is 0 Å². The van der Waals surface area contributed by atoms with Crippen LogP contribution < -0.4 is 10.6 Å². The van der Waals surface area contributed by atoms with Crippen LogP contribution in [0.4, 0.5) is 5.82 Å². The summed E-state index contributed by atoms with van der Waals surface area (Å²) >= 11 is 5.17. The zero-order valence-corrected chi connectivity index (χ0v) is 12.4. The number of nitrogens with zero attached hydrogens (tertiary/aromatic N) is 2. The molecule has 2 rings (SSSR count).